The van der Waals surface area contributed by atoms with Crippen LogP contribution in [0.3, 0.4) is 0 Å². The third-order valence-electron chi connectivity index (χ3n) is 2.49. The molecule has 0 bridgehead atoms. The Morgan fingerprint density at radius 2 is 1.89 bits per heavy atom. The van der Waals surface area contributed by atoms with Gasteiger partial charge in [-0.3, -0.25) is 4.99 Å². The van der Waals surface area contributed by atoms with Crippen LogP contribution in [-0.4, -0.2) is 31.8 Å². The van der Waals surface area contributed by atoms with Crippen molar-refractivity contribution in [2.45, 2.75) is 47.1 Å². The number of nitrogens with two attached hydrogens (primary N) is 1. The Bertz CT molecular complexity index is 220. The molecule has 4 nitrogen and oxygen atoms in total. The Labute approximate surface area is 129 Å². The highest BCUT2D eigenvalue weighted by Gasteiger charge is 2.12. The topological polar surface area (TPSA) is 59.6 Å². The molecule has 0 heterocycles. The van der Waals surface area contributed by atoms with E-state index < -0.39 is 0 Å². The number of guanidine groups is 1. The minimum atomic E-state index is 0. The Hall–Kier alpha value is -0.0400. The van der Waals surface area contributed by atoms with Gasteiger partial charge in [0.2, 0.25) is 0 Å². The average Bonchev–Trinajstić information content (AvgIpc) is 2.25. The van der Waals surface area contributed by atoms with Gasteiger partial charge in [-0.25, -0.2) is 0 Å². The fraction of sp³-hybridized carbons (Fsp3) is 0.923. The second-order valence-corrected chi connectivity index (χ2v) is 5.07. The molecule has 0 aromatic carbocycles. The van der Waals surface area contributed by atoms with E-state index in [1.165, 1.54) is 0 Å². The molecular weight excluding hydrogens is 341 g/mol. The summed E-state index contributed by atoms with van der Waals surface area (Å²) in [6.45, 7) is 13.0. The van der Waals surface area contributed by atoms with Crippen LogP contribution in [0, 0.1) is 11.8 Å². The lowest BCUT2D eigenvalue weighted by Gasteiger charge is -2.21. The van der Waals surface area contributed by atoms with Gasteiger partial charge in [0, 0.05) is 19.7 Å². The minimum absolute atomic E-state index is 0. The van der Waals surface area contributed by atoms with Gasteiger partial charge >= 0.3 is 0 Å². The maximum atomic E-state index is 5.76. The first-order valence-electron chi connectivity index (χ1n) is 6.62. The molecule has 0 aliphatic rings. The van der Waals surface area contributed by atoms with Crippen molar-refractivity contribution in [2.75, 3.05) is 19.7 Å². The predicted molar refractivity (Wildman–Crippen MR) is 89.6 cm³/mol. The predicted octanol–water partition coefficient (Wildman–Crippen LogP) is 2.62. The summed E-state index contributed by atoms with van der Waals surface area (Å²) in [6.07, 6.45) is 1.26. The van der Waals surface area contributed by atoms with Crippen LogP contribution in [0.2, 0.25) is 0 Å². The summed E-state index contributed by atoms with van der Waals surface area (Å²) in [6, 6.07) is 0. The fourth-order valence-corrected chi connectivity index (χ4v) is 1.50. The molecule has 0 aliphatic heterocycles. The van der Waals surface area contributed by atoms with Crippen LogP contribution in [0.15, 0.2) is 4.99 Å². The lowest BCUT2D eigenvalue weighted by atomic mass is 10.0. The van der Waals surface area contributed by atoms with Crippen LogP contribution >= 0.6 is 24.0 Å². The van der Waals surface area contributed by atoms with Crippen molar-refractivity contribution < 1.29 is 4.74 Å². The van der Waals surface area contributed by atoms with Gasteiger partial charge in [0.25, 0.3) is 0 Å². The maximum absolute atomic E-state index is 5.76. The van der Waals surface area contributed by atoms with Crippen molar-refractivity contribution in [3.05, 3.63) is 0 Å². The number of ether oxygens (including phenoxy) is 1. The summed E-state index contributed by atoms with van der Waals surface area (Å²) in [7, 11) is 0. The van der Waals surface area contributed by atoms with Gasteiger partial charge in [-0.1, -0.05) is 27.7 Å². The molecule has 5 heteroatoms. The lowest BCUT2D eigenvalue weighted by Crippen LogP contribution is -2.35. The van der Waals surface area contributed by atoms with Gasteiger partial charge in [-0.2, -0.15) is 0 Å². The highest BCUT2D eigenvalue weighted by molar-refractivity contribution is 14.0. The number of halogens is 1. The first kappa shape index (κ1) is 20.3. The largest absolute Gasteiger partial charge is 0.378 e. The van der Waals surface area contributed by atoms with E-state index in [4.69, 9.17) is 10.5 Å². The van der Waals surface area contributed by atoms with Crippen molar-refractivity contribution in [1.29, 1.82) is 0 Å². The number of rotatable bonds is 8. The molecule has 3 N–H and O–H groups in total. The molecule has 0 spiro atoms. The lowest BCUT2D eigenvalue weighted by molar-refractivity contribution is 0.0258. The van der Waals surface area contributed by atoms with Crippen molar-refractivity contribution >= 4 is 29.9 Å². The first-order chi connectivity index (χ1) is 7.97. The molecule has 0 aliphatic carbocycles. The van der Waals surface area contributed by atoms with E-state index in [2.05, 4.69) is 38.0 Å². The van der Waals surface area contributed by atoms with Crippen molar-refractivity contribution in [3.8, 4) is 0 Å². The zero-order valence-electron chi connectivity index (χ0n) is 12.4. The summed E-state index contributed by atoms with van der Waals surface area (Å²) >= 11 is 0. The monoisotopic (exact) mass is 371 g/mol. The normalized spacial score (nSPS) is 13.6. The van der Waals surface area contributed by atoms with E-state index in [0.717, 1.165) is 26.1 Å². The van der Waals surface area contributed by atoms with Gasteiger partial charge in [0.1, 0.15) is 0 Å². The summed E-state index contributed by atoms with van der Waals surface area (Å²) in [5, 5.41) is 3.13. The minimum Gasteiger partial charge on any atom is -0.378 e. The van der Waals surface area contributed by atoms with Gasteiger partial charge < -0.3 is 15.8 Å². The highest BCUT2D eigenvalue weighted by Crippen LogP contribution is 2.09. The number of aliphatic imine (C=N–C) groups is 1. The van der Waals surface area contributed by atoms with Crippen molar-refractivity contribution in [1.82, 2.24) is 5.32 Å². The first-order valence-corrected chi connectivity index (χ1v) is 6.62. The average molecular weight is 371 g/mol. The van der Waals surface area contributed by atoms with Gasteiger partial charge in [-0.15, -0.1) is 24.0 Å². The quantitative estimate of drug-likeness (QED) is 0.392. The summed E-state index contributed by atoms with van der Waals surface area (Å²) in [4.78, 5) is 4.25. The van der Waals surface area contributed by atoms with Gasteiger partial charge in [-0.05, 0) is 25.2 Å². The van der Waals surface area contributed by atoms with Crippen LogP contribution in [-0.2, 0) is 4.74 Å². The zero-order chi connectivity index (χ0) is 13.3. The molecule has 0 aromatic rings. The zero-order valence-corrected chi connectivity index (χ0v) is 14.7. The molecule has 0 saturated heterocycles. The molecule has 0 aromatic heterocycles. The van der Waals surface area contributed by atoms with E-state index in [1.54, 1.807) is 0 Å². The summed E-state index contributed by atoms with van der Waals surface area (Å²) in [5.74, 6) is 1.62. The third-order valence-corrected chi connectivity index (χ3v) is 2.49. The SMILES string of the molecule is CCOC(CCNC(N)=NCC(C)C)C(C)C.I. The summed E-state index contributed by atoms with van der Waals surface area (Å²) in [5.41, 5.74) is 5.76. The third kappa shape index (κ3) is 11.1. The molecular formula is C13H30IN3O. The molecule has 110 valence electrons. The standard InChI is InChI=1S/C13H29N3O.HI/c1-6-17-12(11(4)5)7-8-15-13(14)16-9-10(2)3;/h10-12H,6-9H2,1-5H3,(H3,14,15,16);1H. The Morgan fingerprint density at radius 3 is 2.33 bits per heavy atom. The van der Waals surface area contributed by atoms with E-state index >= 15 is 0 Å². The Kier molecular flexibility index (Phi) is 13.5. The fourth-order valence-electron chi connectivity index (χ4n) is 1.50. The van der Waals surface area contributed by atoms with Crippen molar-refractivity contribution in [2.24, 2.45) is 22.6 Å². The summed E-state index contributed by atoms with van der Waals surface area (Å²) < 4.78 is 5.66. The molecule has 0 saturated carbocycles. The number of nitrogens with one attached hydrogen (secondary N) is 1. The molecule has 0 radical (unpaired) electrons. The van der Waals surface area contributed by atoms with Crippen LogP contribution in [0.5, 0.6) is 0 Å². The van der Waals surface area contributed by atoms with E-state index in [9.17, 15) is 0 Å². The Morgan fingerprint density at radius 1 is 1.28 bits per heavy atom. The molecule has 1 unspecified atom stereocenters. The van der Waals surface area contributed by atoms with Gasteiger partial charge in [0.15, 0.2) is 5.96 Å². The van der Waals surface area contributed by atoms with Crippen LogP contribution in [0.4, 0.5) is 0 Å². The smallest absolute Gasteiger partial charge is 0.188 e. The van der Waals surface area contributed by atoms with E-state index in [-0.39, 0.29) is 24.0 Å². The molecule has 0 amide bonds. The van der Waals surface area contributed by atoms with Crippen molar-refractivity contribution in [3.63, 3.8) is 0 Å². The maximum Gasteiger partial charge on any atom is 0.188 e. The second kappa shape index (κ2) is 12.0. The van der Waals surface area contributed by atoms with Gasteiger partial charge in [0.05, 0.1) is 6.10 Å². The molecule has 1 atom stereocenters. The van der Waals surface area contributed by atoms with Crippen LogP contribution in [0.25, 0.3) is 0 Å². The second-order valence-electron chi connectivity index (χ2n) is 5.07. The molecule has 18 heavy (non-hydrogen) atoms. The highest BCUT2D eigenvalue weighted by atomic mass is 127. The van der Waals surface area contributed by atoms with Crippen LogP contribution < -0.4 is 11.1 Å². The number of nitrogens with zero attached hydrogens (tertiary/aromatic N) is 1. The number of hydrogen-bond acceptors (Lipinski definition) is 2. The Balaban J connectivity index is 0. The number of hydrogen-bond donors (Lipinski definition) is 2. The molecule has 0 rings (SSSR count). The van der Waals surface area contributed by atoms with E-state index in [0.29, 0.717) is 23.9 Å². The van der Waals surface area contributed by atoms with Crippen LogP contribution in [0.1, 0.15) is 41.0 Å². The van der Waals surface area contributed by atoms with E-state index in [1.807, 2.05) is 6.92 Å². The molecule has 0 fully saturated rings.